The van der Waals surface area contributed by atoms with Crippen LogP contribution < -0.4 is 5.32 Å². The van der Waals surface area contributed by atoms with E-state index in [-0.39, 0.29) is 0 Å². The van der Waals surface area contributed by atoms with Gasteiger partial charge in [0.25, 0.3) is 0 Å². The molecule has 0 saturated heterocycles. The van der Waals surface area contributed by atoms with E-state index in [0.29, 0.717) is 13.1 Å². The molecular weight excluding hydrogens is 322 g/mol. The van der Waals surface area contributed by atoms with Crippen molar-refractivity contribution in [1.29, 1.82) is 0 Å². The van der Waals surface area contributed by atoms with Crippen molar-refractivity contribution in [3.8, 4) is 11.3 Å². The molecule has 134 valence electrons. The number of aromatic nitrogens is 2. The van der Waals surface area contributed by atoms with Gasteiger partial charge in [-0.25, -0.2) is 0 Å². The van der Waals surface area contributed by atoms with Gasteiger partial charge in [0.1, 0.15) is 5.60 Å². The predicted octanol–water partition coefficient (Wildman–Crippen LogP) is 3.70. The normalized spacial score (nSPS) is 19.3. The molecule has 4 rings (SSSR count). The fraction of sp³-hybridized carbons (Fsp3) is 0.318. The molecule has 1 aliphatic rings. The van der Waals surface area contributed by atoms with Crippen molar-refractivity contribution in [3.05, 3.63) is 77.0 Å². The molecule has 2 aromatic carbocycles. The first-order chi connectivity index (χ1) is 12.7. The van der Waals surface area contributed by atoms with Crippen molar-refractivity contribution in [1.82, 2.24) is 15.5 Å². The topological polar surface area (TPSA) is 60.9 Å². The molecule has 0 fully saturated rings. The first-order valence-corrected chi connectivity index (χ1v) is 9.26. The predicted molar refractivity (Wildman–Crippen MR) is 104 cm³/mol. The van der Waals surface area contributed by atoms with Crippen LogP contribution in [0.5, 0.6) is 0 Å². The van der Waals surface area contributed by atoms with E-state index < -0.39 is 5.60 Å². The molecule has 1 aliphatic carbocycles. The van der Waals surface area contributed by atoms with Crippen LogP contribution in [0.3, 0.4) is 0 Å². The average molecular weight is 347 g/mol. The minimum absolute atomic E-state index is 0.544. The van der Waals surface area contributed by atoms with Gasteiger partial charge in [0.2, 0.25) is 0 Å². The van der Waals surface area contributed by atoms with Crippen LogP contribution in [0.4, 0.5) is 0 Å². The Hall–Kier alpha value is -2.43. The van der Waals surface area contributed by atoms with Crippen LogP contribution in [-0.2, 0) is 18.6 Å². The number of rotatable bonds is 5. The lowest BCUT2D eigenvalue weighted by Crippen LogP contribution is -2.40. The molecule has 4 nitrogen and oxygen atoms in total. The fourth-order valence-corrected chi connectivity index (χ4v) is 3.98. The molecule has 0 bridgehead atoms. The van der Waals surface area contributed by atoms with Crippen LogP contribution in [0.2, 0.25) is 0 Å². The molecule has 3 N–H and O–H groups in total. The van der Waals surface area contributed by atoms with E-state index in [0.717, 1.165) is 41.6 Å². The Morgan fingerprint density at radius 1 is 1.19 bits per heavy atom. The lowest BCUT2D eigenvalue weighted by atomic mass is 9.79. The summed E-state index contributed by atoms with van der Waals surface area (Å²) in [6.07, 6.45) is 4.74. The van der Waals surface area contributed by atoms with Gasteiger partial charge in [-0.15, -0.1) is 0 Å². The number of hydrogen-bond acceptors (Lipinski definition) is 3. The van der Waals surface area contributed by atoms with Crippen LogP contribution in [-0.4, -0.2) is 21.8 Å². The molecule has 1 heterocycles. The van der Waals surface area contributed by atoms with Crippen molar-refractivity contribution < 1.29 is 5.11 Å². The number of nitrogens with one attached hydrogen (secondary N) is 2. The number of hydrogen-bond donors (Lipinski definition) is 3. The average Bonchev–Trinajstić information content (AvgIpc) is 3.11. The Kier molecular flexibility index (Phi) is 4.62. The third-order valence-electron chi connectivity index (χ3n) is 5.31. The summed E-state index contributed by atoms with van der Waals surface area (Å²) in [6, 6.07) is 16.7. The maximum absolute atomic E-state index is 11.2. The number of fused-ring (bicyclic) bond motifs is 1. The standard InChI is InChI=1S/C22H25N3O/c1-16-6-4-8-18(12-16)21-19(14-24-25-21)13-23-15-22(26)11-5-9-17-7-2-3-10-20(17)22/h2-4,6-8,10,12,14,23,26H,5,9,11,13,15H2,1H3,(H,24,25). The Labute approximate surface area is 154 Å². The number of aliphatic hydroxyl groups is 1. The van der Waals surface area contributed by atoms with Crippen molar-refractivity contribution in [2.24, 2.45) is 0 Å². The molecule has 0 spiro atoms. The summed E-state index contributed by atoms with van der Waals surface area (Å²) in [5, 5.41) is 22.0. The summed E-state index contributed by atoms with van der Waals surface area (Å²) < 4.78 is 0. The Bertz CT molecular complexity index is 902. The second-order valence-electron chi connectivity index (χ2n) is 7.29. The summed E-state index contributed by atoms with van der Waals surface area (Å²) >= 11 is 0. The van der Waals surface area contributed by atoms with E-state index in [9.17, 15) is 5.11 Å². The van der Waals surface area contributed by atoms with E-state index >= 15 is 0 Å². The summed E-state index contributed by atoms with van der Waals surface area (Å²) in [6.45, 7) is 3.31. The Morgan fingerprint density at radius 3 is 2.96 bits per heavy atom. The zero-order valence-electron chi connectivity index (χ0n) is 15.1. The first kappa shape index (κ1) is 17.0. The summed E-state index contributed by atoms with van der Waals surface area (Å²) in [5.41, 5.74) is 6.07. The highest BCUT2D eigenvalue weighted by Gasteiger charge is 2.33. The minimum atomic E-state index is -0.790. The third kappa shape index (κ3) is 3.30. The van der Waals surface area contributed by atoms with Crippen LogP contribution in [0.1, 0.15) is 35.1 Å². The minimum Gasteiger partial charge on any atom is -0.384 e. The van der Waals surface area contributed by atoms with Gasteiger partial charge in [-0.05, 0) is 43.4 Å². The molecule has 0 amide bonds. The van der Waals surface area contributed by atoms with E-state index in [4.69, 9.17) is 0 Å². The van der Waals surface area contributed by atoms with E-state index in [1.807, 2.05) is 12.3 Å². The molecule has 0 radical (unpaired) electrons. The fourth-order valence-electron chi connectivity index (χ4n) is 3.98. The lowest BCUT2D eigenvalue weighted by Gasteiger charge is -2.34. The molecule has 4 heteroatoms. The third-order valence-corrected chi connectivity index (χ3v) is 5.31. The van der Waals surface area contributed by atoms with Crippen LogP contribution in [0.15, 0.2) is 54.7 Å². The quantitative estimate of drug-likeness (QED) is 0.659. The number of aryl methyl sites for hydroxylation is 2. The smallest absolute Gasteiger partial charge is 0.102 e. The number of aromatic amines is 1. The van der Waals surface area contributed by atoms with Crippen molar-refractivity contribution in [2.45, 2.75) is 38.3 Å². The van der Waals surface area contributed by atoms with Crippen LogP contribution in [0.25, 0.3) is 11.3 Å². The molecule has 0 saturated carbocycles. The summed E-state index contributed by atoms with van der Waals surface area (Å²) in [5.74, 6) is 0. The molecule has 0 aliphatic heterocycles. The zero-order chi connectivity index (χ0) is 18.0. The maximum Gasteiger partial charge on any atom is 0.102 e. The van der Waals surface area contributed by atoms with Gasteiger partial charge in [0.05, 0.1) is 11.9 Å². The molecule has 1 unspecified atom stereocenters. The maximum atomic E-state index is 11.2. The molecule has 1 aromatic heterocycles. The first-order valence-electron chi connectivity index (χ1n) is 9.26. The molecule has 3 aromatic rings. The van der Waals surface area contributed by atoms with Gasteiger partial charge in [0.15, 0.2) is 0 Å². The number of benzene rings is 2. The van der Waals surface area contributed by atoms with Crippen molar-refractivity contribution in [3.63, 3.8) is 0 Å². The van der Waals surface area contributed by atoms with Gasteiger partial charge in [-0.3, -0.25) is 5.10 Å². The van der Waals surface area contributed by atoms with E-state index in [1.54, 1.807) is 0 Å². The Morgan fingerprint density at radius 2 is 2.08 bits per heavy atom. The molecule has 26 heavy (non-hydrogen) atoms. The second-order valence-corrected chi connectivity index (χ2v) is 7.29. The summed E-state index contributed by atoms with van der Waals surface area (Å²) in [7, 11) is 0. The van der Waals surface area contributed by atoms with E-state index in [2.05, 4.69) is 64.9 Å². The molecule has 1 atom stereocenters. The largest absolute Gasteiger partial charge is 0.384 e. The van der Waals surface area contributed by atoms with Gasteiger partial charge >= 0.3 is 0 Å². The van der Waals surface area contributed by atoms with Crippen molar-refractivity contribution in [2.75, 3.05) is 6.54 Å². The highest BCUT2D eigenvalue weighted by atomic mass is 16.3. The lowest BCUT2D eigenvalue weighted by molar-refractivity contribution is 0.0189. The van der Waals surface area contributed by atoms with Crippen LogP contribution >= 0.6 is 0 Å². The van der Waals surface area contributed by atoms with Gasteiger partial charge in [-0.2, -0.15) is 5.10 Å². The monoisotopic (exact) mass is 347 g/mol. The second kappa shape index (κ2) is 7.06. The number of nitrogens with zero attached hydrogens (tertiary/aromatic N) is 1. The number of H-pyrrole nitrogens is 1. The van der Waals surface area contributed by atoms with Crippen LogP contribution in [0, 0.1) is 6.92 Å². The van der Waals surface area contributed by atoms with Gasteiger partial charge in [-0.1, -0.05) is 48.0 Å². The van der Waals surface area contributed by atoms with Crippen molar-refractivity contribution >= 4 is 0 Å². The zero-order valence-corrected chi connectivity index (χ0v) is 15.1. The van der Waals surface area contributed by atoms with Gasteiger partial charge in [0, 0.05) is 24.2 Å². The van der Waals surface area contributed by atoms with Gasteiger partial charge < -0.3 is 10.4 Å². The SMILES string of the molecule is Cc1cccc(-c2[nH]ncc2CNCC2(O)CCCc3ccccc32)c1. The summed E-state index contributed by atoms with van der Waals surface area (Å²) in [4.78, 5) is 0. The highest BCUT2D eigenvalue weighted by Crippen LogP contribution is 2.34. The Balaban J connectivity index is 1.48. The highest BCUT2D eigenvalue weighted by molar-refractivity contribution is 5.63. The van der Waals surface area contributed by atoms with E-state index in [1.165, 1.54) is 11.1 Å². The molecular formula is C22H25N3O.